The van der Waals surface area contributed by atoms with Gasteiger partial charge in [0.25, 0.3) is 0 Å². The summed E-state index contributed by atoms with van der Waals surface area (Å²) in [5.41, 5.74) is 0. The lowest BCUT2D eigenvalue weighted by Gasteiger charge is -2.18. The van der Waals surface area contributed by atoms with E-state index in [0.29, 0.717) is 19.3 Å². The fourth-order valence-electron chi connectivity index (χ4n) is 7.51. The molecule has 6 heteroatoms. The van der Waals surface area contributed by atoms with Crippen LogP contribution in [0.25, 0.3) is 0 Å². The van der Waals surface area contributed by atoms with Gasteiger partial charge in [0.15, 0.2) is 6.10 Å². The Labute approximate surface area is 348 Å². The van der Waals surface area contributed by atoms with Gasteiger partial charge in [-0.1, -0.05) is 240 Å². The van der Waals surface area contributed by atoms with Crippen molar-refractivity contribution in [2.24, 2.45) is 5.92 Å². The van der Waals surface area contributed by atoms with Crippen molar-refractivity contribution in [2.45, 2.75) is 284 Å². The average molecular weight is 793 g/mol. The third-order valence-corrected chi connectivity index (χ3v) is 11.3. The predicted molar refractivity (Wildman–Crippen MR) is 238 cm³/mol. The predicted octanol–water partition coefficient (Wildman–Crippen LogP) is 15.9. The Bertz CT molecular complexity index is 841. The van der Waals surface area contributed by atoms with Crippen molar-refractivity contribution >= 4 is 17.9 Å². The van der Waals surface area contributed by atoms with E-state index in [9.17, 15) is 14.4 Å². The van der Waals surface area contributed by atoms with Crippen molar-refractivity contribution < 1.29 is 28.6 Å². The second kappa shape index (κ2) is 44.5. The van der Waals surface area contributed by atoms with E-state index in [-0.39, 0.29) is 31.1 Å². The van der Waals surface area contributed by atoms with Crippen LogP contribution in [0.4, 0.5) is 0 Å². The van der Waals surface area contributed by atoms with Gasteiger partial charge in [-0.15, -0.1) is 0 Å². The van der Waals surface area contributed by atoms with Crippen LogP contribution in [-0.2, 0) is 28.6 Å². The van der Waals surface area contributed by atoms with Gasteiger partial charge in [-0.25, -0.2) is 0 Å². The highest BCUT2D eigenvalue weighted by Gasteiger charge is 2.19. The van der Waals surface area contributed by atoms with Crippen LogP contribution in [0.3, 0.4) is 0 Å². The molecule has 0 bridgehead atoms. The minimum atomic E-state index is -0.759. The number of carbonyl (C=O) groups excluding carboxylic acids is 3. The minimum absolute atomic E-state index is 0.0637. The van der Waals surface area contributed by atoms with E-state index in [2.05, 4.69) is 27.7 Å². The highest BCUT2D eigenvalue weighted by atomic mass is 16.6. The zero-order valence-electron chi connectivity index (χ0n) is 38.1. The Kier molecular flexibility index (Phi) is 43.2. The fourth-order valence-corrected chi connectivity index (χ4v) is 7.51. The molecular formula is C50H96O6. The standard InChI is InChI=1S/C50H96O6/c1-5-7-9-11-13-14-15-16-17-18-19-20-23-27-31-35-39-43-50(53)56-47(44-54-48(51)41-37-33-28-12-10-8-6-2)45-55-49(52)42-38-34-30-26-24-21-22-25-29-32-36-40-46(3)4/h46-47H,5-45H2,1-4H3/t47-/m1/s1. The normalized spacial score (nSPS) is 11.9. The van der Waals surface area contributed by atoms with Crippen LogP contribution in [0.5, 0.6) is 0 Å². The number of unbranched alkanes of at least 4 members (excludes halogenated alkanes) is 32. The summed E-state index contributed by atoms with van der Waals surface area (Å²) in [4.78, 5) is 37.7. The summed E-state index contributed by atoms with van der Waals surface area (Å²) in [6, 6.07) is 0. The second-order valence-electron chi connectivity index (χ2n) is 17.6. The molecule has 6 nitrogen and oxygen atoms in total. The molecule has 0 aromatic heterocycles. The quantitative estimate of drug-likeness (QED) is 0.0347. The fraction of sp³-hybridized carbons (Fsp3) is 0.940. The van der Waals surface area contributed by atoms with Gasteiger partial charge in [0, 0.05) is 19.3 Å². The summed E-state index contributed by atoms with van der Waals surface area (Å²) >= 11 is 0. The molecule has 0 N–H and O–H groups in total. The SMILES string of the molecule is CCCCCCCCCCCCCCCCCCCC(=O)O[C@H](COC(=O)CCCCCCCCC)COC(=O)CCCCCCCCCCCCCC(C)C. The molecule has 0 aliphatic carbocycles. The minimum Gasteiger partial charge on any atom is -0.462 e. The summed E-state index contributed by atoms with van der Waals surface area (Å²) in [5, 5.41) is 0. The van der Waals surface area contributed by atoms with Crippen LogP contribution in [0.1, 0.15) is 278 Å². The molecule has 1 atom stereocenters. The Morgan fingerprint density at radius 1 is 0.339 bits per heavy atom. The van der Waals surface area contributed by atoms with Crippen LogP contribution < -0.4 is 0 Å². The number of carbonyl (C=O) groups is 3. The van der Waals surface area contributed by atoms with Gasteiger partial charge < -0.3 is 14.2 Å². The van der Waals surface area contributed by atoms with E-state index >= 15 is 0 Å². The Morgan fingerprint density at radius 2 is 0.589 bits per heavy atom. The summed E-state index contributed by atoms with van der Waals surface area (Å²) in [7, 11) is 0. The van der Waals surface area contributed by atoms with E-state index in [0.717, 1.165) is 63.7 Å². The third kappa shape index (κ3) is 43.5. The van der Waals surface area contributed by atoms with E-state index in [4.69, 9.17) is 14.2 Å². The topological polar surface area (TPSA) is 78.9 Å². The number of esters is 3. The van der Waals surface area contributed by atoms with Crippen LogP contribution in [-0.4, -0.2) is 37.2 Å². The average Bonchev–Trinajstić information content (AvgIpc) is 3.18. The number of ether oxygens (including phenoxy) is 3. The van der Waals surface area contributed by atoms with Crippen molar-refractivity contribution in [1.82, 2.24) is 0 Å². The Hall–Kier alpha value is -1.59. The van der Waals surface area contributed by atoms with Gasteiger partial charge in [-0.2, -0.15) is 0 Å². The molecule has 0 aromatic rings. The monoisotopic (exact) mass is 793 g/mol. The van der Waals surface area contributed by atoms with Gasteiger partial charge in [0.05, 0.1) is 0 Å². The number of rotatable bonds is 45. The molecule has 0 unspecified atom stereocenters. The zero-order chi connectivity index (χ0) is 41.0. The molecule has 0 aliphatic heterocycles. The Morgan fingerprint density at radius 3 is 0.875 bits per heavy atom. The van der Waals surface area contributed by atoms with Crippen molar-refractivity contribution in [3.8, 4) is 0 Å². The lowest BCUT2D eigenvalue weighted by molar-refractivity contribution is -0.167. The van der Waals surface area contributed by atoms with E-state index in [1.54, 1.807) is 0 Å². The maximum Gasteiger partial charge on any atom is 0.306 e. The molecule has 0 spiro atoms. The molecule has 0 saturated carbocycles. The van der Waals surface area contributed by atoms with Gasteiger partial charge >= 0.3 is 17.9 Å². The molecule has 0 aromatic carbocycles. The van der Waals surface area contributed by atoms with Gasteiger partial charge in [-0.05, 0) is 25.2 Å². The van der Waals surface area contributed by atoms with Crippen molar-refractivity contribution in [2.75, 3.05) is 13.2 Å². The maximum absolute atomic E-state index is 12.7. The first-order valence-electron chi connectivity index (χ1n) is 24.9. The molecule has 0 heterocycles. The number of hydrogen-bond donors (Lipinski definition) is 0. The Balaban J connectivity index is 4.21. The first kappa shape index (κ1) is 54.4. The maximum atomic E-state index is 12.7. The molecule has 0 saturated heterocycles. The van der Waals surface area contributed by atoms with Crippen molar-refractivity contribution in [1.29, 1.82) is 0 Å². The third-order valence-electron chi connectivity index (χ3n) is 11.3. The molecule has 0 rings (SSSR count). The van der Waals surface area contributed by atoms with Crippen molar-refractivity contribution in [3.63, 3.8) is 0 Å². The van der Waals surface area contributed by atoms with Crippen LogP contribution in [0.2, 0.25) is 0 Å². The lowest BCUT2D eigenvalue weighted by Crippen LogP contribution is -2.30. The van der Waals surface area contributed by atoms with E-state index < -0.39 is 6.10 Å². The highest BCUT2D eigenvalue weighted by Crippen LogP contribution is 2.17. The van der Waals surface area contributed by atoms with Crippen LogP contribution >= 0.6 is 0 Å². The lowest BCUT2D eigenvalue weighted by atomic mass is 10.0. The first-order chi connectivity index (χ1) is 27.4. The summed E-state index contributed by atoms with van der Waals surface area (Å²) in [6.45, 7) is 8.98. The molecular weight excluding hydrogens is 697 g/mol. The van der Waals surface area contributed by atoms with Crippen LogP contribution in [0, 0.1) is 5.92 Å². The van der Waals surface area contributed by atoms with Gasteiger partial charge in [0.1, 0.15) is 13.2 Å². The highest BCUT2D eigenvalue weighted by molar-refractivity contribution is 5.71. The smallest absolute Gasteiger partial charge is 0.306 e. The molecule has 56 heavy (non-hydrogen) atoms. The van der Waals surface area contributed by atoms with Crippen LogP contribution in [0.15, 0.2) is 0 Å². The largest absolute Gasteiger partial charge is 0.462 e. The van der Waals surface area contributed by atoms with E-state index in [1.165, 1.54) is 173 Å². The zero-order valence-corrected chi connectivity index (χ0v) is 38.1. The van der Waals surface area contributed by atoms with E-state index in [1.807, 2.05) is 0 Å². The molecule has 0 aliphatic rings. The summed E-state index contributed by atoms with van der Waals surface area (Å²) in [6.07, 6.45) is 45.3. The summed E-state index contributed by atoms with van der Waals surface area (Å²) in [5.74, 6) is -0.0274. The van der Waals surface area contributed by atoms with Gasteiger partial charge in [-0.3, -0.25) is 14.4 Å². The molecule has 332 valence electrons. The van der Waals surface area contributed by atoms with Gasteiger partial charge in [0.2, 0.25) is 0 Å². The first-order valence-corrected chi connectivity index (χ1v) is 24.9. The summed E-state index contributed by atoms with van der Waals surface area (Å²) < 4.78 is 16.7. The molecule has 0 fully saturated rings. The number of hydrogen-bond acceptors (Lipinski definition) is 6. The molecule has 0 amide bonds. The molecule has 0 radical (unpaired) electrons. The van der Waals surface area contributed by atoms with Crippen molar-refractivity contribution in [3.05, 3.63) is 0 Å². The second-order valence-corrected chi connectivity index (χ2v) is 17.6.